The number of aryl methyl sites for hydroxylation is 2. The van der Waals surface area contributed by atoms with E-state index < -0.39 is 0 Å². The average Bonchev–Trinajstić information content (AvgIpc) is 3.22. The third-order valence-corrected chi connectivity index (χ3v) is 5.74. The van der Waals surface area contributed by atoms with Crippen molar-refractivity contribution >= 4 is 17.2 Å². The summed E-state index contributed by atoms with van der Waals surface area (Å²) >= 11 is 0. The standard InChI is InChI=1S/C29H29NO/c1-21-5-3-6-25(17-21)18-26-7-4-8-27(20-26)28-14-11-24(19-28)10-9-23-12-15-29(16-13-23)30-22(2)31/h3-8,11-17,20H,9-10,18-19H2,1-2H3,(H,30,31). The molecule has 3 aromatic carbocycles. The maximum absolute atomic E-state index is 11.1. The SMILES string of the molecule is CC(=O)Nc1ccc(CCC2=CC=C(c3cccc(Cc4cccc(C)c4)c3)C2)cc1. The van der Waals surface area contributed by atoms with Crippen LogP contribution >= 0.6 is 0 Å². The van der Waals surface area contributed by atoms with E-state index in [-0.39, 0.29) is 5.91 Å². The summed E-state index contributed by atoms with van der Waals surface area (Å²) in [6, 6.07) is 25.9. The third kappa shape index (κ3) is 5.82. The molecule has 0 atom stereocenters. The molecule has 0 heterocycles. The van der Waals surface area contributed by atoms with Crippen LogP contribution in [0.1, 0.15) is 47.6 Å². The lowest BCUT2D eigenvalue weighted by Crippen LogP contribution is -2.05. The summed E-state index contributed by atoms with van der Waals surface area (Å²) in [5, 5.41) is 2.82. The van der Waals surface area contributed by atoms with Crippen LogP contribution in [0.5, 0.6) is 0 Å². The Morgan fingerprint density at radius 2 is 1.58 bits per heavy atom. The smallest absolute Gasteiger partial charge is 0.221 e. The van der Waals surface area contributed by atoms with Crippen LogP contribution in [-0.4, -0.2) is 5.91 Å². The first-order chi connectivity index (χ1) is 15.0. The van der Waals surface area contributed by atoms with E-state index in [0.29, 0.717) is 0 Å². The molecule has 1 aliphatic carbocycles. The molecule has 2 heteroatoms. The number of amides is 1. The molecule has 0 fully saturated rings. The number of hydrogen-bond donors (Lipinski definition) is 1. The molecule has 1 N–H and O–H groups in total. The molecule has 0 aliphatic heterocycles. The molecule has 0 unspecified atom stereocenters. The molecule has 1 aliphatic rings. The van der Waals surface area contributed by atoms with Crippen LogP contribution < -0.4 is 5.32 Å². The third-order valence-electron chi connectivity index (χ3n) is 5.74. The van der Waals surface area contributed by atoms with E-state index in [2.05, 4.69) is 85.1 Å². The number of carbonyl (C=O) groups excluding carboxylic acids is 1. The van der Waals surface area contributed by atoms with Crippen LogP contribution in [0.3, 0.4) is 0 Å². The Labute approximate surface area is 185 Å². The van der Waals surface area contributed by atoms with Crippen molar-refractivity contribution < 1.29 is 4.79 Å². The van der Waals surface area contributed by atoms with Gasteiger partial charge in [-0.2, -0.15) is 0 Å². The topological polar surface area (TPSA) is 29.1 Å². The number of hydrogen-bond acceptors (Lipinski definition) is 1. The molecule has 31 heavy (non-hydrogen) atoms. The minimum absolute atomic E-state index is 0.0367. The maximum Gasteiger partial charge on any atom is 0.221 e. The quantitative estimate of drug-likeness (QED) is 0.454. The van der Waals surface area contributed by atoms with Gasteiger partial charge < -0.3 is 5.32 Å². The minimum atomic E-state index is -0.0367. The molecule has 0 saturated heterocycles. The highest BCUT2D eigenvalue weighted by atomic mass is 16.1. The van der Waals surface area contributed by atoms with Crippen molar-refractivity contribution in [2.24, 2.45) is 0 Å². The molecule has 0 aromatic heterocycles. The van der Waals surface area contributed by atoms with Crippen molar-refractivity contribution in [2.75, 3.05) is 5.32 Å². The van der Waals surface area contributed by atoms with Crippen LogP contribution in [0, 0.1) is 6.92 Å². The minimum Gasteiger partial charge on any atom is -0.326 e. The fourth-order valence-corrected chi connectivity index (χ4v) is 4.15. The van der Waals surface area contributed by atoms with E-state index in [0.717, 1.165) is 31.4 Å². The van der Waals surface area contributed by atoms with Crippen molar-refractivity contribution in [2.45, 2.75) is 39.5 Å². The summed E-state index contributed by atoms with van der Waals surface area (Å²) in [5.41, 5.74) is 10.4. The number of benzene rings is 3. The Kier molecular flexibility index (Phi) is 6.47. The van der Waals surface area contributed by atoms with Crippen LogP contribution in [0.15, 0.2) is 90.5 Å². The highest BCUT2D eigenvalue weighted by molar-refractivity contribution is 5.88. The highest BCUT2D eigenvalue weighted by Crippen LogP contribution is 2.31. The van der Waals surface area contributed by atoms with Gasteiger partial charge in [-0.25, -0.2) is 0 Å². The normalized spacial score (nSPS) is 13.0. The van der Waals surface area contributed by atoms with Gasteiger partial charge in [0.15, 0.2) is 0 Å². The summed E-state index contributed by atoms with van der Waals surface area (Å²) in [7, 11) is 0. The highest BCUT2D eigenvalue weighted by Gasteiger charge is 2.11. The van der Waals surface area contributed by atoms with Gasteiger partial charge >= 0.3 is 0 Å². The molecular formula is C29H29NO. The summed E-state index contributed by atoms with van der Waals surface area (Å²) in [6.07, 6.45) is 8.63. The van der Waals surface area contributed by atoms with Crippen molar-refractivity contribution in [1.29, 1.82) is 0 Å². The number of nitrogens with one attached hydrogen (secondary N) is 1. The van der Waals surface area contributed by atoms with Crippen molar-refractivity contribution in [3.63, 3.8) is 0 Å². The Morgan fingerprint density at radius 1 is 0.839 bits per heavy atom. The van der Waals surface area contributed by atoms with E-state index in [1.54, 1.807) is 0 Å². The summed E-state index contributed by atoms with van der Waals surface area (Å²) in [4.78, 5) is 11.1. The summed E-state index contributed by atoms with van der Waals surface area (Å²) in [5.74, 6) is -0.0367. The lowest BCUT2D eigenvalue weighted by Gasteiger charge is -2.09. The van der Waals surface area contributed by atoms with Gasteiger partial charge in [-0.05, 0) is 72.6 Å². The van der Waals surface area contributed by atoms with Gasteiger partial charge in [-0.3, -0.25) is 4.79 Å². The maximum atomic E-state index is 11.1. The number of carbonyl (C=O) groups is 1. The largest absolute Gasteiger partial charge is 0.326 e. The fourth-order valence-electron chi connectivity index (χ4n) is 4.15. The lowest BCUT2D eigenvalue weighted by atomic mass is 9.96. The Hall–Kier alpha value is -3.39. The first-order valence-electron chi connectivity index (χ1n) is 11.0. The Balaban J connectivity index is 1.32. The molecule has 2 nitrogen and oxygen atoms in total. The predicted octanol–water partition coefficient (Wildman–Crippen LogP) is 6.89. The van der Waals surface area contributed by atoms with Gasteiger partial charge in [-0.15, -0.1) is 0 Å². The zero-order valence-corrected chi connectivity index (χ0v) is 18.3. The van der Waals surface area contributed by atoms with Gasteiger partial charge in [0.25, 0.3) is 0 Å². The lowest BCUT2D eigenvalue weighted by molar-refractivity contribution is -0.114. The van der Waals surface area contributed by atoms with Crippen LogP contribution in [0.4, 0.5) is 5.69 Å². The number of rotatable bonds is 7. The zero-order chi connectivity index (χ0) is 21.6. The van der Waals surface area contributed by atoms with E-state index in [9.17, 15) is 4.79 Å². The second-order valence-corrected chi connectivity index (χ2v) is 8.44. The summed E-state index contributed by atoms with van der Waals surface area (Å²) < 4.78 is 0. The van der Waals surface area contributed by atoms with E-state index in [4.69, 9.17) is 0 Å². The second-order valence-electron chi connectivity index (χ2n) is 8.44. The predicted molar refractivity (Wildman–Crippen MR) is 130 cm³/mol. The zero-order valence-electron chi connectivity index (χ0n) is 18.3. The van der Waals surface area contributed by atoms with Crippen molar-refractivity contribution in [3.05, 3.63) is 118 Å². The van der Waals surface area contributed by atoms with Crippen molar-refractivity contribution in [3.8, 4) is 0 Å². The van der Waals surface area contributed by atoms with Crippen molar-refractivity contribution in [1.82, 2.24) is 0 Å². The van der Waals surface area contributed by atoms with Gasteiger partial charge in [0.1, 0.15) is 0 Å². The Bertz CT molecular complexity index is 1140. The Morgan fingerprint density at radius 3 is 2.32 bits per heavy atom. The number of allylic oxidation sites excluding steroid dienone is 4. The first kappa shape index (κ1) is 20.9. The van der Waals surface area contributed by atoms with E-state index in [1.807, 2.05) is 12.1 Å². The van der Waals surface area contributed by atoms with Gasteiger partial charge in [-0.1, -0.05) is 84.0 Å². The first-order valence-corrected chi connectivity index (χ1v) is 11.0. The fraction of sp³-hybridized carbons (Fsp3) is 0.207. The molecular weight excluding hydrogens is 378 g/mol. The van der Waals surface area contributed by atoms with Gasteiger partial charge in [0, 0.05) is 12.6 Å². The van der Waals surface area contributed by atoms with Crippen LogP contribution in [0.25, 0.3) is 5.57 Å². The molecule has 1 amide bonds. The summed E-state index contributed by atoms with van der Waals surface area (Å²) in [6.45, 7) is 3.68. The van der Waals surface area contributed by atoms with E-state index in [1.165, 1.54) is 45.9 Å². The van der Waals surface area contributed by atoms with Crippen LogP contribution in [-0.2, 0) is 17.6 Å². The number of anilines is 1. The molecule has 0 spiro atoms. The molecule has 3 aromatic rings. The van der Waals surface area contributed by atoms with Crippen LogP contribution in [0.2, 0.25) is 0 Å². The average molecular weight is 408 g/mol. The second kappa shape index (κ2) is 9.61. The van der Waals surface area contributed by atoms with Gasteiger partial charge in [0.2, 0.25) is 5.91 Å². The molecule has 156 valence electrons. The van der Waals surface area contributed by atoms with E-state index >= 15 is 0 Å². The monoisotopic (exact) mass is 407 g/mol. The molecule has 0 radical (unpaired) electrons. The molecule has 4 rings (SSSR count). The molecule has 0 bridgehead atoms. The van der Waals surface area contributed by atoms with Gasteiger partial charge in [0.05, 0.1) is 0 Å². The molecule has 0 saturated carbocycles.